The molecule has 0 spiro atoms. The van der Waals surface area contributed by atoms with Gasteiger partial charge in [-0.25, -0.2) is 0 Å². The lowest BCUT2D eigenvalue weighted by atomic mass is 9.88. The van der Waals surface area contributed by atoms with Gasteiger partial charge in [0.05, 0.1) is 17.2 Å². The second-order valence-electron chi connectivity index (χ2n) is 6.40. The first-order chi connectivity index (χ1) is 12.4. The van der Waals surface area contributed by atoms with Gasteiger partial charge in [-0.15, -0.1) is 0 Å². The molecule has 2 aromatic carbocycles. The van der Waals surface area contributed by atoms with Gasteiger partial charge in [0.15, 0.2) is 0 Å². The molecule has 0 atom stereocenters. The molecule has 2 N–H and O–H groups in total. The Morgan fingerprint density at radius 1 is 1.04 bits per heavy atom. The SMILES string of the molecule is Cc1ccc(S(=O)(=O)O)cc1.ON=C1CCCc2cc3c(cc21)OCC3. The molecule has 0 amide bonds. The van der Waals surface area contributed by atoms with Crippen molar-refractivity contribution in [3.05, 3.63) is 58.7 Å². The monoisotopic (exact) mass is 375 g/mol. The summed E-state index contributed by atoms with van der Waals surface area (Å²) < 4.78 is 35.1. The Morgan fingerprint density at radius 2 is 1.77 bits per heavy atom. The molecule has 1 heterocycles. The van der Waals surface area contributed by atoms with Gasteiger partial charge >= 0.3 is 0 Å². The van der Waals surface area contributed by atoms with Gasteiger partial charge in [-0.05, 0) is 55.5 Å². The number of rotatable bonds is 1. The van der Waals surface area contributed by atoms with Crippen molar-refractivity contribution in [3.63, 3.8) is 0 Å². The summed E-state index contributed by atoms with van der Waals surface area (Å²) in [4.78, 5) is -0.0666. The van der Waals surface area contributed by atoms with Crippen molar-refractivity contribution in [2.45, 2.75) is 37.5 Å². The zero-order valence-electron chi connectivity index (χ0n) is 14.5. The first-order valence-corrected chi connectivity index (χ1v) is 9.86. The van der Waals surface area contributed by atoms with E-state index in [-0.39, 0.29) is 4.90 Å². The molecule has 2 aliphatic rings. The average molecular weight is 375 g/mol. The average Bonchev–Trinajstić information content (AvgIpc) is 3.06. The minimum absolute atomic E-state index is 0.0666. The summed E-state index contributed by atoms with van der Waals surface area (Å²) in [5, 5.41) is 12.3. The molecule has 138 valence electrons. The van der Waals surface area contributed by atoms with Crippen molar-refractivity contribution in [1.29, 1.82) is 0 Å². The Kier molecular flexibility index (Phi) is 5.29. The summed E-state index contributed by atoms with van der Waals surface area (Å²) in [7, 11) is -4.02. The maximum absolute atomic E-state index is 10.5. The van der Waals surface area contributed by atoms with Crippen LogP contribution in [0, 0.1) is 6.92 Å². The molecule has 4 rings (SSSR count). The van der Waals surface area contributed by atoms with Gasteiger partial charge in [0, 0.05) is 12.0 Å². The molecule has 0 saturated carbocycles. The Morgan fingerprint density at radius 3 is 2.42 bits per heavy atom. The number of aryl methyl sites for hydroxylation is 2. The van der Waals surface area contributed by atoms with Crippen LogP contribution in [0.15, 0.2) is 46.4 Å². The van der Waals surface area contributed by atoms with Crippen LogP contribution in [0.2, 0.25) is 0 Å². The van der Waals surface area contributed by atoms with Crippen molar-refractivity contribution >= 4 is 15.8 Å². The molecule has 1 aliphatic carbocycles. The van der Waals surface area contributed by atoms with E-state index in [0.717, 1.165) is 54.9 Å². The highest BCUT2D eigenvalue weighted by atomic mass is 32.2. The summed E-state index contributed by atoms with van der Waals surface area (Å²) in [5.41, 5.74) is 5.43. The second kappa shape index (κ2) is 7.47. The standard InChI is InChI=1S/C12H13NO2.C7H8O3S/c14-13-11-3-1-2-8-6-9-4-5-15-12(9)7-10(8)11;1-6-2-4-7(5-3-6)11(8,9)10/h6-7,14H,1-5H2;2-5H,1H3,(H,8,9,10). The number of ether oxygens (including phenoxy) is 1. The van der Waals surface area contributed by atoms with E-state index in [1.807, 2.05) is 13.0 Å². The molecule has 0 fully saturated rings. The fourth-order valence-electron chi connectivity index (χ4n) is 3.15. The number of fused-ring (bicyclic) bond motifs is 2. The Balaban J connectivity index is 0.000000160. The summed E-state index contributed by atoms with van der Waals surface area (Å²) in [6, 6.07) is 10.2. The third-order valence-corrected chi connectivity index (χ3v) is 5.39. The first-order valence-electron chi connectivity index (χ1n) is 8.42. The zero-order chi connectivity index (χ0) is 18.7. The Hall–Kier alpha value is -2.38. The first kappa shape index (κ1) is 18.4. The normalized spacial score (nSPS) is 16.9. The van der Waals surface area contributed by atoms with Gasteiger partial charge in [-0.3, -0.25) is 4.55 Å². The number of hydrogen-bond donors (Lipinski definition) is 2. The molecule has 0 radical (unpaired) electrons. The summed E-state index contributed by atoms with van der Waals surface area (Å²) >= 11 is 0. The summed E-state index contributed by atoms with van der Waals surface area (Å²) in [6.07, 6.45) is 4.03. The van der Waals surface area contributed by atoms with Crippen molar-refractivity contribution in [2.75, 3.05) is 6.61 Å². The van der Waals surface area contributed by atoms with E-state index in [9.17, 15) is 8.42 Å². The predicted octanol–water partition coefficient (Wildman–Crippen LogP) is 3.38. The molecular formula is C19H21NO5S. The molecule has 6 nitrogen and oxygen atoms in total. The number of oxime groups is 1. The van der Waals surface area contributed by atoms with E-state index >= 15 is 0 Å². The van der Waals surface area contributed by atoms with Crippen LogP contribution >= 0.6 is 0 Å². The van der Waals surface area contributed by atoms with E-state index in [4.69, 9.17) is 14.5 Å². The highest BCUT2D eigenvalue weighted by molar-refractivity contribution is 7.85. The fourth-order valence-corrected chi connectivity index (χ4v) is 3.63. The van der Waals surface area contributed by atoms with E-state index in [1.54, 1.807) is 12.1 Å². The number of nitrogens with zero attached hydrogens (tertiary/aromatic N) is 1. The van der Waals surface area contributed by atoms with Gasteiger partial charge in [0.2, 0.25) is 0 Å². The molecular weight excluding hydrogens is 354 g/mol. The quantitative estimate of drug-likeness (QED) is 0.452. The van der Waals surface area contributed by atoms with Crippen LogP contribution in [0.1, 0.15) is 35.1 Å². The van der Waals surface area contributed by atoms with Crippen molar-refractivity contribution in [1.82, 2.24) is 0 Å². The lowest BCUT2D eigenvalue weighted by Crippen LogP contribution is -2.12. The van der Waals surface area contributed by atoms with E-state index in [2.05, 4.69) is 11.2 Å². The maximum Gasteiger partial charge on any atom is 0.294 e. The van der Waals surface area contributed by atoms with E-state index < -0.39 is 10.1 Å². The third kappa shape index (κ3) is 4.05. The Bertz CT molecular complexity index is 933. The minimum atomic E-state index is -4.02. The van der Waals surface area contributed by atoms with E-state index in [0.29, 0.717) is 0 Å². The molecule has 0 unspecified atom stereocenters. The smallest absolute Gasteiger partial charge is 0.294 e. The summed E-state index contributed by atoms with van der Waals surface area (Å²) in [6.45, 7) is 2.62. The molecule has 1 aliphatic heterocycles. The topological polar surface area (TPSA) is 96.2 Å². The van der Waals surface area contributed by atoms with Crippen LogP contribution in [0.3, 0.4) is 0 Å². The van der Waals surface area contributed by atoms with E-state index in [1.165, 1.54) is 23.3 Å². The molecule has 2 aromatic rings. The Labute approximate surface area is 152 Å². The molecule has 0 bridgehead atoms. The van der Waals surface area contributed by atoms with Gasteiger partial charge in [-0.2, -0.15) is 8.42 Å². The predicted molar refractivity (Wildman–Crippen MR) is 97.9 cm³/mol. The number of hydrogen-bond acceptors (Lipinski definition) is 5. The van der Waals surface area contributed by atoms with Crippen LogP contribution in [-0.4, -0.2) is 30.5 Å². The van der Waals surface area contributed by atoms with Gasteiger partial charge in [0.25, 0.3) is 10.1 Å². The third-order valence-electron chi connectivity index (χ3n) is 4.53. The summed E-state index contributed by atoms with van der Waals surface area (Å²) in [5.74, 6) is 0.969. The van der Waals surface area contributed by atoms with Crippen LogP contribution in [-0.2, 0) is 23.0 Å². The highest BCUT2D eigenvalue weighted by Gasteiger charge is 2.21. The van der Waals surface area contributed by atoms with Crippen LogP contribution in [0.5, 0.6) is 5.75 Å². The molecule has 7 heteroatoms. The van der Waals surface area contributed by atoms with Crippen molar-refractivity contribution in [2.24, 2.45) is 5.16 Å². The maximum atomic E-state index is 10.5. The molecule has 0 saturated heterocycles. The van der Waals surface area contributed by atoms with Crippen LogP contribution in [0.4, 0.5) is 0 Å². The van der Waals surface area contributed by atoms with Gasteiger partial charge < -0.3 is 9.94 Å². The molecule has 0 aromatic heterocycles. The number of benzene rings is 2. The minimum Gasteiger partial charge on any atom is -0.493 e. The fraction of sp³-hybridized carbons (Fsp3) is 0.316. The van der Waals surface area contributed by atoms with Crippen molar-refractivity contribution < 1.29 is 22.9 Å². The second-order valence-corrected chi connectivity index (χ2v) is 7.83. The van der Waals surface area contributed by atoms with Gasteiger partial charge in [0.1, 0.15) is 5.75 Å². The van der Waals surface area contributed by atoms with Gasteiger partial charge in [-0.1, -0.05) is 28.9 Å². The lowest BCUT2D eigenvalue weighted by Gasteiger charge is -2.17. The largest absolute Gasteiger partial charge is 0.493 e. The van der Waals surface area contributed by atoms with Crippen LogP contribution < -0.4 is 4.74 Å². The lowest BCUT2D eigenvalue weighted by molar-refractivity contribution is 0.317. The highest BCUT2D eigenvalue weighted by Crippen LogP contribution is 2.32. The molecule has 26 heavy (non-hydrogen) atoms. The van der Waals surface area contributed by atoms with Crippen molar-refractivity contribution in [3.8, 4) is 5.75 Å². The zero-order valence-corrected chi connectivity index (χ0v) is 15.3. The van der Waals surface area contributed by atoms with Crippen LogP contribution in [0.25, 0.3) is 0 Å².